The van der Waals surface area contributed by atoms with Gasteiger partial charge in [-0.2, -0.15) is 0 Å². The molecule has 0 bridgehead atoms. The van der Waals surface area contributed by atoms with Crippen LogP contribution in [0.5, 0.6) is 0 Å². The van der Waals surface area contributed by atoms with Crippen molar-refractivity contribution in [3.63, 3.8) is 0 Å². The van der Waals surface area contributed by atoms with Crippen LogP contribution in [0.1, 0.15) is 52.9 Å². The lowest BCUT2D eigenvalue weighted by Gasteiger charge is -2.32. The summed E-state index contributed by atoms with van der Waals surface area (Å²) in [4.78, 5) is 0. The molecule has 4 nitrogen and oxygen atoms in total. The molecule has 98 valence electrons. The molecular formula is C9H22NO3PS2. The maximum absolute atomic E-state index is 11.9. The highest BCUT2D eigenvalue weighted by atomic mass is 32.1. The van der Waals surface area contributed by atoms with Crippen LogP contribution < -0.4 is 5.09 Å². The maximum Gasteiger partial charge on any atom is 0.427 e. The van der Waals surface area contributed by atoms with Gasteiger partial charge in [-0.25, -0.2) is 17.6 Å². The molecular weight excluding hydrogens is 265 g/mol. The Hall–Kier alpha value is 0.810. The molecule has 0 aliphatic heterocycles. The highest BCUT2D eigenvalue weighted by molar-refractivity contribution is 7.86. The fraction of sp³-hybridized carbons (Fsp3) is 1.00. The van der Waals surface area contributed by atoms with Crippen LogP contribution in [0.4, 0.5) is 0 Å². The third-order valence-corrected chi connectivity index (χ3v) is 5.04. The van der Waals surface area contributed by atoms with Crippen molar-refractivity contribution in [2.75, 3.05) is 0 Å². The lowest BCUT2D eigenvalue weighted by atomic mass is 9.91. The van der Waals surface area contributed by atoms with Crippen LogP contribution in [-0.2, 0) is 12.5 Å². The van der Waals surface area contributed by atoms with Gasteiger partial charge in [0, 0.05) is 5.54 Å². The van der Waals surface area contributed by atoms with Crippen LogP contribution in [0.2, 0.25) is 0 Å². The molecule has 1 unspecified atom stereocenters. The average Bonchev–Trinajstić information content (AvgIpc) is 2.26. The number of hydrogen-bond acceptors (Lipinski definition) is 5. The molecule has 0 saturated heterocycles. The Morgan fingerprint density at radius 2 is 1.75 bits per heavy atom. The topological polar surface area (TPSA) is 47.6 Å². The average molecular weight is 287 g/mol. The number of thiol groups is 2. The van der Waals surface area contributed by atoms with Crippen LogP contribution in [0.3, 0.4) is 0 Å². The first-order valence-electron chi connectivity index (χ1n) is 5.51. The SMILES string of the molecule is CCCCC(C)(CCC)NP(=O)(OS)OS. The molecule has 0 aliphatic carbocycles. The molecule has 1 atom stereocenters. The van der Waals surface area contributed by atoms with Crippen molar-refractivity contribution in [2.24, 2.45) is 0 Å². The Morgan fingerprint density at radius 3 is 2.12 bits per heavy atom. The number of unbranched alkanes of at least 4 members (excludes halogenated alkanes) is 1. The lowest BCUT2D eigenvalue weighted by molar-refractivity contribution is 0.311. The third kappa shape index (κ3) is 5.94. The Kier molecular flexibility index (Phi) is 8.41. The van der Waals surface area contributed by atoms with Crippen molar-refractivity contribution >= 4 is 33.6 Å². The molecule has 0 aliphatic rings. The summed E-state index contributed by atoms with van der Waals surface area (Å²) in [5.74, 6) is 0. The molecule has 0 fully saturated rings. The van der Waals surface area contributed by atoms with Crippen molar-refractivity contribution < 1.29 is 12.5 Å². The molecule has 0 aromatic rings. The Labute approximate surface area is 110 Å². The van der Waals surface area contributed by atoms with Gasteiger partial charge in [-0.15, -0.1) is 0 Å². The van der Waals surface area contributed by atoms with E-state index in [-0.39, 0.29) is 5.54 Å². The van der Waals surface area contributed by atoms with E-state index in [1.165, 1.54) is 0 Å². The van der Waals surface area contributed by atoms with Gasteiger partial charge in [0.2, 0.25) is 0 Å². The predicted octanol–water partition coefficient (Wildman–Crippen LogP) is 4.16. The quantitative estimate of drug-likeness (QED) is 0.338. The minimum absolute atomic E-state index is 0.272. The minimum atomic E-state index is -3.39. The van der Waals surface area contributed by atoms with Crippen LogP contribution in [0.15, 0.2) is 0 Å². The van der Waals surface area contributed by atoms with Gasteiger partial charge < -0.3 is 0 Å². The summed E-state index contributed by atoms with van der Waals surface area (Å²) < 4.78 is 21.0. The summed E-state index contributed by atoms with van der Waals surface area (Å²) in [6.45, 7) is 6.22. The van der Waals surface area contributed by atoms with Crippen molar-refractivity contribution in [2.45, 2.75) is 58.4 Å². The van der Waals surface area contributed by atoms with E-state index in [9.17, 15) is 4.57 Å². The highest BCUT2D eigenvalue weighted by Gasteiger charge is 2.34. The van der Waals surface area contributed by atoms with Crippen LogP contribution in [-0.4, -0.2) is 5.54 Å². The van der Waals surface area contributed by atoms with E-state index in [4.69, 9.17) is 0 Å². The fourth-order valence-electron chi connectivity index (χ4n) is 1.74. The number of rotatable bonds is 9. The van der Waals surface area contributed by atoms with Gasteiger partial charge in [0.1, 0.15) is 0 Å². The fourth-order valence-corrected chi connectivity index (χ4v) is 3.34. The van der Waals surface area contributed by atoms with E-state index in [0.717, 1.165) is 32.1 Å². The Morgan fingerprint density at radius 1 is 1.19 bits per heavy atom. The summed E-state index contributed by atoms with van der Waals surface area (Å²) in [6.07, 6.45) is 4.95. The maximum atomic E-state index is 11.9. The van der Waals surface area contributed by atoms with Gasteiger partial charge in [0.25, 0.3) is 0 Å². The molecule has 0 aromatic carbocycles. The Balaban J connectivity index is 4.57. The molecule has 0 spiro atoms. The molecule has 0 aromatic heterocycles. The molecule has 0 heterocycles. The van der Waals surface area contributed by atoms with Gasteiger partial charge >= 0.3 is 7.75 Å². The van der Waals surface area contributed by atoms with Gasteiger partial charge in [0.05, 0.1) is 0 Å². The summed E-state index contributed by atoms with van der Waals surface area (Å²) in [5, 5.41) is 2.90. The smallest absolute Gasteiger partial charge is 0.239 e. The number of hydrogen-bond donors (Lipinski definition) is 3. The van der Waals surface area contributed by atoms with E-state index >= 15 is 0 Å². The summed E-state index contributed by atoms with van der Waals surface area (Å²) in [6, 6.07) is 0. The van der Waals surface area contributed by atoms with E-state index in [1.54, 1.807) is 0 Å². The van der Waals surface area contributed by atoms with Crippen LogP contribution in [0, 0.1) is 0 Å². The van der Waals surface area contributed by atoms with E-state index in [0.29, 0.717) is 0 Å². The molecule has 16 heavy (non-hydrogen) atoms. The summed E-state index contributed by atoms with van der Waals surface area (Å²) >= 11 is 7.11. The monoisotopic (exact) mass is 287 g/mol. The molecule has 0 radical (unpaired) electrons. The molecule has 0 saturated carbocycles. The van der Waals surface area contributed by atoms with Crippen molar-refractivity contribution in [1.29, 1.82) is 0 Å². The van der Waals surface area contributed by atoms with E-state index in [2.05, 4.69) is 52.7 Å². The molecule has 0 rings (SSSR count). The largest absolute Gasteiger partial charge is 0.427 e. The van der Waals surface area contributed by atoms with Crippen molar-refractivity contribution in [1.82, 2.24) is 5.09 Å². The first-order chi connectivity index (χ1) is 7.45. The second-order valence-electron chi connectivity index (χ2n) is 4.19. The number of nitrogens with one attached hydrogen (secondary N) is 1. The normalized spacial score (nSPS) is 16.1. The Bertz CT molecular complexity index is 235. The van der Waals surface area contributed by atoms with Gasteiger partial charge in [-0.1, -0.05) is 33.1 Å². The van der Waals surface area contributed by atoms with E-state index < -0.39 is 7.75 Å². The molecule has 7 heteroatoms. The first kappa shape index (κ1) is 16.8. The van der Waals surface area contributed by atoms with E-state index in [1.807, 2.05) is 6.92 Å². The predicted molar refractivity (Wildman–Crippen MR) is 73.7 cm³/mol. The highest BCUT2D eigenvalue weighted by Crippen LogP contribution is 2.49. The summed E-state index contributed by atoms with van der Waals surface area (Å²) in [5.41, 5.74) is -0.272. The van der Waals surface area contributed by atoms with Crippen LogP contribution >= 0.6 is 33.6 Å². The second-order valence-corrected chi connectivity index (χ2v) is 6.71. The van der Waals surface area contributed by atoms with Gasteiger partial charge in [0.15, 0.2) is 0 Å². The second kappa shape index (κ2) is 8.01. The van der Waals surface area contributed by atoms with Crippen LogP contribution in [0.25, 0.3) is 0 Å². The minimum Gasteiger partial charge on any atom is -0.239 e. The summed E-state index contributed by atoms with van der Waals surface area (Å²) in [7, 11) is -3.39. The molecule has 0 amide bonds. The zero-order chi connectivity index (χ0) is 12.7. The van der Waals surface area contributed by atoms with Crippen molar-refractivity contribution in [3.8, 4) is 0 Å². The molecule has 1 N–H and O–H groups in total. The standard InChI is InChI=1S/C9H22NO3PS2/c1-4-6-8-9(3,7-5-2)10-14(11,12-15)13-16/h15-16H,4-8H2,1-3H3,(H,10,11). The van der Waals surface area contributed by atoms with Gasteiger partial charge in [-0.3, -0.25) is 0 Å². The lowest BCUT2D eigenvalue weighted by Crippen LogP contribution is -2.40. The first-order valence-corrected chi connectivity index (χ1v) is 7.78. The zero-order valence-electron chi connectivity index (χ0n) is 10.1. The van der Waals surface area contributed by atoms with Gasteiger partial charge in [-0.05, 0) is 45.6 Å². The van der Waals surface area contributed by atoms with Crippen molar-refractivity contribution in [3.05, 3.63) is 0 Å². The third-order valence-electron chi connectivity index (χ3n) is 2.51. The zero-order valence-corrected chi connectivity index (χ0v) is 12.8.